The lowest BCUT2D eigenvalue weighted by Gasteiger charge is -2.42. The number of imide groups is 1. The van der Waals surface area contributed by atoms with Gasteiger partial charge in [0, 0.05) is 37.2 Å². The molecule has 1 aromatic rings. The lowest BCUT2D eigenvalue weighted by atomic mass is 9.75. The van der Waals surface area contributed by atoms with Gasteiger partial charge in [-0.25, -0.2) is 4.79 Å². The van der Waals surface area contributed by atoms with Crippen LogP contribution in [0.5, 0.6) is 11.5 Å². The molecule has 0 bridgehead atoms. The first-order chi connectivity index (χ1) is 12.0. The monoisotopic (exact) mass is 345 g/mol. The first-order valence-electron chi connectivity index (χ1n) is 8.54. The molecule has 7 heteroatoms. The molecule has 0 N–H and O–H groups in total. The second kappa shape index (κ2) is 5.36. The Labute approximate surface area is 147 Å². The molecule has 0 radical (unpaired) electrons. The summed E-state index contributed by atoms with van der Waals surface area (Å²) in [6.45, 7) is 3.89. The number of carbonyl (C=O) groups is 2. The van der Waals surface area contributed by atoms with E-state index in [1.807, 2.05) is 26.1 Å². The van der Waals surface area contributed by atoms with Crippen LogP contribution in [0.3, 0.4) is 0 Å². The van der Waals surface area contributed by atoms with Gasteiger partial charge in [-0.2, -0.15) is 0 Å². The van der Waals surface area contributed by atoms with Crippen molar-refractivity contribution in [2.75, 3.05) is 40.9 Å². The summed E-state index contributed by atoms with van der Waals surface area (Å²) in [5, 5.41) is 0. The van der Waals surface area contributed by atoms with Gasteiger partial charge >= 0.3 is 6.03 Å². The molecule has 2 atom stereocenters. The van der Waals surface area contributed by atoms with E-state index in [0.29, 0.717) is 31.1 Å². The highest BCUT2D eigenvalue weighted by Gasteiger charge is 2.66. The number of ether oxygens (including phenoxy) is 2. The number of nitrogens with zero attached hydrogens (tertiary/aromatic N) is 3. The fourth-order valence-electron chi connectivity index (χ4n) is 4.71. The molecule has 3 heterocycles. The normalized spacial score (nSPS) is 28.1. The quantitative estimate of drug-likeness (QED) is 0.772. The number of rotatable bonds is 3. The summed E-state index contributed by atoms with van der Waals surface area (Å²) in [7, 11) is 5.23. The van der Waals surface area contributed by atoms with Crippen molar-refractivity contribution in [2.24, 2.45) is 0 Å². The zero-order valence-corrected chi connectivity index (χ0v) is 15.0. The number of fused-ring (bicyclic) bond motifs is 2. The first kappa shape index (κ1) is 16.2. The molecule has 2 fully saturated rings. The standard InChI is InChI=1S/C18H23N3O4/c1-5-20-16(22)18-10-19(2)9-14(18)12-6-11(24-3)7-15(25-4)13(12)8-21(18)17(20)23/h6-7,14H,5,8-10H2,1-4H3/t14-,18-/m1/s1. The summed E-state index contributed by atoms with van der Waals surface area (Å²) < 4.78 is 11.0. The molecule has 3 aliphatic heterocycles. The third-order valence-corrected chi connectivity index (χ3v) is 5.82. The van der Waals surface area contributed by atoms with Gasteiger partial charge in [-0.05, 0) is 25.6 Å². The number of benzene rings is 1. The second-order valence-electron chi connectivity index (χ2n) is 6.99. The van der Waals surface area contributed by atoms with Gasteiger partial charge in [-0.1, -0.05) is 0 Å². The predicted octanol–water partition coefficient (Wildman–Crippen LogP) is 1.27. The fraction of sp³-hybridized carbons (Fsp3) is 0.556. The average Bonchev–Trinajstić information content (AvgIpc) is 3.07. The Hall–Kier alpha value is -2.28. The maximum absolute atomic E-state index is 13.2. The van der Waals surface area contributed by atoms with Gasteiger partial charge in [0.2, 0.25) is 0 Å². The molecule has 1 aromatic carbocycles. The van der Waals surface area contributed by atoms with Crippen LogP contribution in [0.25, 0.3) is 0 Å². The molecule has 3 aliphatic rings. The van der Waals surface area contributed by atoms with E-state index in [0.717, 1.165) is 17.7 Å². The molecule has 134 valence electrons. The van der Waals surface area contributed by atoms with Gasteiger partial charge in [0.1, 0.15) is 17.0 Å². The molecule has 0 aromatic heterocycles. The topological polar surface area (TPSA) is 62.3 Å². The van der Waals surface area contributed by atoms with Crippen LogP contribution < -0.4 is 9.47 Å². The largest absolute Gasteiger partial charge is 0.497 e. The van der Waals surface area contributed by atoms with E-state index in [1.165, 1.54) is 4.90 Å². The number of likely N-dealkylation sites (tertiary alicyclic amines) is 1. The van der Waals surface area contributed by atoms with Crippen LogP contribution in [0.15, 0.2) is 12.1 Å². The molecule has 1 spiro atoms. The van der Waals surface area contributed by atoms with Crippen molar-refractivity contribution < 1.29 is 19.1 Å². The highest BCUT2D eigenvalue weighted by atomic mass is 16.5. The van der Waals surface area contributed by atoms with Crippen molar-refractivity contribution >= 4 is 11.9 Å². The molecular formula is C18H23N3O4. The number of hydrogen-bond donors (Lipinski definition) is 0. The van der Waals surface area contributed by atoms with E-state index in [-0.39, 0.29) is 17.9 Å². The predicted molar refractivity (Wildman–Crippen MR) is 90.8 cm³/mol. The van der Waals surface area contributed by atoms with Crippen molar-refractivity contribution in [3.05, 3.63) is 23.3 Å². The Morgan fingerprint density at radius 1 is 1.24 bits per heavy atom. The molecule has 25 heavy (non-hydrogen) atoms. The van der Waals surface area contributed by atoms with Gasteiger partial charge in [0.05, 0.1) is 20.8 Å². The fourth-order valence-corrected chi connectivity index (χ4v) is 4.71. The molecule has 0 aliphatic carbocycles. The SMILES string of the molecule is CCN1C(=O)N2Cc3c(OC)cc(OC)cc3[C@H]3CN(C)C[C@]32C1=O. The minimum Gasteiger partial charge on any atom is -0.497 e. The Bertz CT molecular complexity index is 765. The number of amides is 3. The van der Waals surface area contributed by atoms with E-state index in [4.69, 9.17) is 9.47 Å². The van der Waals surface area contributed by atoms with Gasteiger partial charge in [-0.3, -0.25) is 9.69 Å². The van der Waals surface area contributed by atoms with Crippen molar-refractivity contribution in [3.63, 3.8) is 0 Å². The van der Waals surface area contributed by atoms with Crippen molar-refractivity contribution in [1.82, 2.24) is 14.7 Å². The first-order valence-corrected chi connectivity index (χ1v) is 8.54. The minimum atomic E-state index is -0.813. The number of urea groups is 1. The number of methoxy groups -OCH3 is 2. The molecule has 4 rings (SSSR count). The average molecular weight is 345 g/mol. The van der Waals surface area contributed by atoms with E-state index in [2.05, 4.69) is 4.90 Å². The highest BCUT2D eigenvalue weighted by molar-refractivity contribution is 6.08. The van der Waals surface area contributed by atoms with Crippen LogP contribution in [-0.2, 0) is 11.3 Å². The van der Waals surface area contributed by atoms with Gasteiger partial charge < -0.3 is 19.3 Å². The van der Waals surface area contributed by atoms with Crippen molar-refractivity contribution in [1.29, 1.82) is 0 Å². The summed E-state index contributed by atoms with van der Waals surface area (Å²) >= 11 is 0. The Kier molecular flexibility index (Phi) is 3.47. The van der Waals surface area contributed by atoms with Crippen molar-refractivity contribution in [3.8, 4) is 11.5 Å². The van der Waals surface area contributed by atoms with Gasteiger partial charge in [0.15, 0.2) is 0 Å². The van der Waals surface area contributed by atoms with Crippen LogP contribution in [-0.4, -0.2) is 73.1 Å². The molecule has 7 nitrogen and oxygen atoms in total. The van der Waals surface area contributed by atoms with Crippen LogP contribution in [0.4, 0.5) is 4.79 Å². The lowest BCUT2D eigenvalue weighted by Crippen LogP contribution is -2.57. The van der Waals surface area contributed by atoms with Crippen molar-refractivity contribution in [2.45, 2.75) is 24.9 Å². The summed E-state index contributed by atoms with van der Waals surface area (Å²) in [5.74, 6) is 1.24. The van der Waals surface area contributed by atoms with Crippen LogP contribution in [0, 0.1) is 0 Å². The maximum atomic E-state index is 13.2. The third kappa shape index (κ3) is 1.90. The maximum Gasteiger partial charge on any atom is 0.328 e. The van der Waals surface area contributed by atoms with E-state index < -0.39 is 5.54 Å². The smallest absolute Gasteiger partial charge is 0.328 e. The van der Waals surface area contributed by atoms with E-state index in [1.54, 1.807) is 19.1 Å². The zero-order valence-electron chi connectivity index (χ0n) is 15.0. The highest BCUT2D eigenvalue weighted by Crippen LogP contribution is 2.52. The second-order valence-corrected chi connectivity index (χ2v) is 6.99. The number of carbonyl (C=O) groups excluding carboxylic acids is 2. The minimum absolute atomic E-state index is 0.0817. The van der Waals surface area contributed by atoms with Crippen LogP contribution in [0.1, 0.15) is 24.0 Å². The summed E-state index contributed by atoms with van der Waals surface area (Å²) in [6.07, 6.45) is 0. The summed E-state index contributed by atoms with van der Waals surface area (Å²) in [6, 6.07) is 3.63. The summed E-state index contributed by atoms with van der Waals surface area (Å²) in [4.78, 5) is 31.4. The molecular weight excluding hydrogens is 322 g/mol. The Morgan fingerprint density at radius 2 is 2.00 bits per heavy atom. The number of likely N-dealkylation sites (N-methyl/N-ethyl adjacent to an activating group) is 2. The molecule has 3 amide bonds. The molecule has 0 unspecified atom stereocenters. The Morgan fingerprint density at radius 3 is 2.64 bits per heavy atom. The van der Waals surface area contributed by atoms with Gasteiger partial charge in [0.25, 0.3) is 5.91 Å². The van der Waals surface area contributed by atoms with E-state index in [9.17, 15) is 9.59 Å². The summed E-state index contributed by atoms with van der Waals surface area (Å²) in [5.41, 5.74) is 1.21. The number of hydrogen-bond acceptors (Lipinski definition) is 5. The Balaban J connectivity index is 1.94. The molecule has 0 saturated carbocycles. The lowest BCUT2D eigenvalue weighted by molar-refractivity contribution is -0.133. The zero-order chi connectivity index (χ0) is 17.9. The third-order valence-electron chi connectivity index (χ3n) is 5.82. The van der Waals surface area contributed by atoms with Gasteiger partial charge in [-0.15, -0.1) is 0 Å². The van der Waals surface area contributed by atoms with Crippen LogP contribution in [0.2, 0.25) is 0 Å². The van der Waals surface area contributed by atoms with E-state index >= 15 is 0 Å². The molecule has 2 saturated heterocycles. The van der Waals surface area contributed by atoms with Crippen LogP contribution >= 0.6 is 0 Å².